The highest BCUT2D eigenvalue weighted by molar-refractivity contribution is 6.10. The molecular weight excluding hydrogens is 699 g/mol. The Morgan fingerprint density at radius 2 is 1.19 bits per heavy atom. The van der Waals surface area contributed by atoms with Crippen molar-refractivity contribution in [1.82, 2.24) is 24.1 Å². The molecule has 6 nitrogen and oxygen atoms in total. The van der Waals surface area contributed by atoms with Crippen LogP contribution < -0.4 is 0 Å². The SMILES string of the molecule is C1=CC(n2c3ccc(-c4ccccc4-c4ccccn4)cc3c3ncccc32)Cc2c1oc1c(-c3ccc4c(c3)c3ncccc3n4-c3ccccc3)cccc21. The molecule has 1 aliphatic rings. The van der Waals surface area contributed by atoms with Crippen LogP contribution in [0.3, 0.4) is 0 Å². The zero-order valence-corrected chi connectivity index (χ0v) is 30.7. The van der Waals surface area contributed by atoms with E-state index >= 15 is 0 Å². The number of para-hydroxylation sites is 2. The summed E-state index contributed by atoms with van der Waals surface area (Å²) in [6.07, 6.45) is 10.9. The lowest BCUT2D eigenvalue weighted by Gasteiger charge is -2.21. The number of hydrogen-bond acceptors (Lipinski definition) is 4. The highest BCUT2D eigenvalue weighted by Crippen LogP contribution is 2.43. The van der Waals surface area contributed by atoms with E-state index in [4.69, 9.17) is 14.4 Å². The van der Waals surface area contributed by atoms with E-state index in [1.807, 2.05) is 42.9 Å². The van der Waals surface area contributed by atoms with Crippen LogP contribution in [-0.2, 0) is 6.42 Å². The number of rotatable bonds is 5. The van der Waals surface area contributed by atoms with E-state index in [9.17, 15) is 0 Å². The lowest BCUT2D eigenvalue weighted by Crippen LogP contribution is -2.12. The van der Waals surface area contributed by atoms with Gasteiger partial charge in [0, 0.05) is 63.5 Å². The highest BCUT2D eigenvalue weighted by atomic mass is 16.3. The van der Waals surface area contributed by atoms with Crippen LogP contribution >= 0.6 is 0 Å². The largest absolute Gasteiger partial charge is 0.456 e. The van der Waals surface area contributed by atoms with Crippen molar-refractivity contribution in [2.45, 2.75) is 12.5 Å². The molecule has 0 bridgehead atoms. The van der Waals surface area contributed by atoms with Crippen LogP contribution in [0, 0.1) is 0 Å². The Bertz CT molecular complexity index is 3390. The number of furan rings is 1. The van der Waals surface area contributed by atoms with E-state index in [-0.39, 0.29) is 6.04 Å². The number of fused-ring (bicyclic) bond motifs is 9. The summed E-state index contributed by atoms with van der Waals surface area (Å²) in [6.45, 7) is 0. The van der Waals surface area contributed by atoms with Gasteiger partial charge in [0.15, 0.2) is 0 Å². The third kappa shape index (κ3) is 4.87. The summed E-state index contributed by atoms with van der Waals surface area (Å²) >= 11 is 0. The zero-order chi connectivity index (χ0) is 37.5. The summed E-state index contributed by atoms with van der Waals surface area (Å²) in [7, 11) is 0. The molecule has 6 aromatic heterocycles. The minimum absolute atomic E-state index is 0.0735. The van der Waals surface area contributed by atoms with Crippen LogP contribution in [0.25, 0.3) is 100 Å². The Morgan fingerprint density at radius 3 is 2.02 bits per heavy atom. The second-order valence-corrected chi connectivity index (χ2v) is 14.8. The van der Waals surface area contributed by atoms with Gasteiger partial charge in [-0.25, -0.2) is 0 Å². The molecule has 268 valence electrons. The van der Waals surface area contributed by atoms with E-state index in [0.29, 0.717) is 0 Å². The van der Waals surface area contributed by atoms with Crippen molar-refractivity contribution >= 4 is 60.9 Å². The molecule has 0 aliphatic heterocycles. The van der Waals surface area contributed by atoms with Gasteiger partial charge in [-0.3, -0.25) is 15.0 Å². The van der Waals surface area contributed by atoms with E-state index in [2.05, 4.69) is 154 Å². The third-order valence-corrected chi connectivity index (χ3v) is 11.6. The fourth-order valence-electron chi connectivity index (χ4n) is 9.14. The lowest BCUT2D eigenvalue weighted by atomic mass is 9.94. The summed E-state index contributed by atoms with van der Waals surface area (Å²) in [5.74, 6) is 0.921. The summed E-state index contributed by atoms with van der Waals surface area (Å²) in [5.41, 5.74) is 16.3. The standard InChI is InChI=1S/C51H33N5O/c1-2-11-34(12-3-1)55-44-24-21-33(30-42(44)49-46(55)18-9-27-53-49)37-15-8-16-39-40-31-35(22-25-48(40)57-51(37)39)56-45-23-20-32(29-41(45)50-47(56)19-10-28-54-50)36-13-4-5-14-38(36)43-17-6-7-26-52-43/h1-30,35H,31H2. The molecule has 6 heterocycles. The molecule has 57 heavy (non-hydrogen) atoms. The van der Waals surface area contributed by atoms with Crippen LogP contribution in [0.1, 0.15) is 17.4 Å². The quantitative estimate of drug-likeness (QED) is 0.177. The van der Waals surface area contributed by atoms with Crippen molar-refractivity contribution in [3.05, 3.63) is 188 Å². The number of hydrogen-bond donors (Lipinski definition) is 0. The Morgan fingerprint density at radius 1 is 0.509 bits per heavy atom. The fraction of sp³-hybridized carbons (Fsp3) is 0.0392. The molecular formula is C51H33N5O. The van der Waals surface area contributed by atoms with Gasteiger partial charge >= 0.3 is 0 Å². The predicted octanol–water partition coefficient (Wildman–Crippen LogP) is 12.6. The van der Waals surface area contributed by atoms with E-state index in [0.717, 1.165) is 106 Å². The molecule has 0 fully saturated rings. The number of allylic oxidation sites excluding steroid dienone is 1. The van der Waals surface area contributed by atoms with Gasteiger partial charge in [0.05, 0.1) is 44.8 Å². The summed E-state index contributed by atoms with van der Waals surface area (Å²) in [5, 5.41) is 3.40. The van der Waals surface area contributed by atoms with E-state index in [1.54, 1.807) is 0 Å². The van der Waals surface area contributed by atoms with Crippen LogP contribution in [0.5, 0.6) is 0 Å². The van der Waals surface area contributed by atoms with Crippen molar-refractivity contribution in [2.75, 3.05) is 0 Å². The van der Waals surface area contributed by atoms with Crippen LogP contribution in [0.15, 0.2) is 181 Å². The molecule has 0 saturated carbocycles. The van der Waals surface area contributed by atoms with Crippen LogP contribution in [-0.4, -0.2) is 24.1 Å². The molecule has 5 aromatic carbocycles. The van der Waals surface area contributed by atoms with Crippen molar-refractivity contribution in [2.24, 2.45) is 0 Å². The molecule has 1 atom stereocenters. The first-order valence-electron chi connectivity index (χ1n) is 19.4. The number of pyridine rings is 3. The molecule has 0 N–H and O–H groups in total. The third-order valence-electron chi connectivity index (χ3n) is 11.6. The second kappa shape index (κ2) is 12.5. The monoisotopic (exact) mass is 731 g/mol. The molecule has 0 saturated heterocycles. The van der Waals surface area contributed by atoms with Gasteiger partial charge in [-0.2, -0.15) is 0 Å². The highest BCUT2D eigenvalue weighted by Gasteiger charge is 2.26. The van der Waals surface area contributed by atoms with E-state index in [1.165, 1.54) is 5.56 Å². The van der Waals surface area contributed by atoms with Gasteiger partial charge in [-0.15, -0.1) is 0 Å². The van der Waals surface area contributed by atoms with Crippen molar-refractivity contribution in [3.8, 4) is 39.2 Å². The van der Waals surface area contributed by atoms with Crippen molar-refractivity contribution in [3.63, 3.8) is 0 Å². The van der Waals surface area contributed by atoms with Crippen molar-refractivity contribution < 1.29 is 4.42 Å². The molecule has 0 radical (unpaired) electrons. The zero-order valence-electron chi connectivity index (χ0n) is 30.7. The summed E-state index contributed by atoms with van der Waals surface area (Å²) < 4.78 is 11.5. The number of benzene rings is 5. The normalized spacial score (nSPS) is 14.0. The molecule has 6 heteroatoms. The summed E-state index contributed by atoms with van der Waals surface area (Å²) in [6, 6.07) is 53.5. The van der Waals surface area contributed by atoms with Gasteiger partial charge in [-0.1, -0.05) is 84.9 Å². The predicted molar refractivity (Wildman–Crippen MR) is 231 cm³/mol. The Hall–Kier alpha value is -7.57. The smallest absolute Gasteiger partial charge is 0.142 e. The van der Waals surface area contributed by atoms with Gasteiger partial charge in [-0.05, 0) is 95.6 Å². The average molecular weight is 732 g/mol. The maximum absolute atomic E-state index is 6.77. The molecule has 12 rings (SSSR count). The average Bonchev–Trinajstić information content (AvgIpc) is 3.94. The van der Waals surface area contributed by atoms with Crippen LogP contribution in [0.2, 0.25) is 0 Å². The topological polar surface area (TPSA) is 61.7 Å². The lowest BCUT2D eigenvalue weighted by molar-refractivity contribution is 0.573. The molecule has 0 spiro atoms. The Balaban J connectivity index is 0.954. The number of aromatic nitrogens is 5. The fourth-order valence-corrected chi connectivity index (χ4v) is 9.14. The minimum Gasteiger partial charge on any atom is -0.456 e. The first-order chi connectivity index (χ1) is 28.3. The van der Waals surface area contributed by atoms with Crippen LogP contribution in [0.4, 0.5) is 0 Å². The molecule has 1 unspecified atom stereocenters. The maximum atomic E-state index is 6.77. The molecule has 11 aromatic rings. The van der Waals surface area contributed by atoms with Gasteiger partial charge in [0.2, 0.25) is 0 Å². The molecule has 1 aliphatic carbocycles. The van der Waals surface area contributed by atoms with Gasteiger partial charge < -0.3 is 13.6 Å². The van der Waals surface area contributed by atoms with E-state index < -0.39 is 0 Å². The first-order valence-corrected chi connectivity index (χ1v) is 19.4. The first kappa shape index (κ1) is 31.7. The second-order valence-electron chi connectivity index (χ2n) is 14.8. The number of nitrogens with zero attached hydrogens (tertiary/aromatic N) is 5. The maximum Gasteiger partial charge on any atom is 0.142 e. The summed E-state index contributed by atoms with van der Waals surface area (Å²) in [4.78, 5) is 14.5. The minimum atomic E-state index is 0.0735. The van der Waals surface area contributed by atoms with Crippen molar-refractivity contribution in [1.29, 1.82) is 0 Å². The van der Waals surface area contributed by atoms with Gasteiger partial charge in [0.25, 0.3) is 0 Å². The van der Waals surface area contributed by atoms with Gasteiger partial charge in [0.1, 0.15) is 11.3 Å². The Labute approximate surface area is 327 Å². The molecule has 0 amide bonds. The Kier molecular flexibility index (Phi) is 6.95.